The number of nitrogens with one attached hydrogen (secondary N) is 3. The summed E-state index contributed by atoms with van der Waals surface area (Å²) in [5, 5.41) is 13.7. The van der Waals surface area contributed by atoms with Crippen LogP contribution in [0.4, 0.5) is 11.5 Å². The molecule has 0 spiro atoms. The topological polar surface area (TPSA) is 105 Å². The van der Waals surface area contributed by atoms with Crippen molar-refractivity contribution in [1.29, 1.82) is 0 Å². The minimum atomic E-state index is -3.78. The Bertz CT molecular complexity index is 813. The van der Waals surface area contributed by atoms with E-state index in [0.717, 1.165) is 0 Å². The molecule has 11 heteroatoms. The van der Waals surface area contributed by atoms with Crippen molar-refractivity contribution in [2.75, 3.05) is 30.3 Å². The van der Waals surface area contributed by atoms with Crippen LogP contribution in [0.2, 0.25) is 5.15 Å². The quantitative estimate of drug-likeness (QED) is 0.477. The van der Waals surface area contributed by atoms with Crippen molar-refractivity contribution in [2.24, 2.45) is 0 Å². The van der Waals surface area contributed by atoms with Crippen LogP contribution in [-0.2, 0) is 14.8 Å². The summed E-state index contributed by atoms with van der Waals surface area (Å²) in [7, 11) is -2.18. The predicted molar refractivity (Wildman–Crippen MR) is 100 cm³/mol. The van der Waals surface area contributed by atoms with E-state index in [4.69, 9.17) is 28.6 Å². The Kier molecular flexibility index (Phi) is 6.88. The van der Waals surface area contributed by atoms with Gasteiger partial charge >= 0.3 is 0 Å². The van der Waals surface area contributed by atoms with Gasteiger partial charge in [0.25, 0.3) is 10.0 Å². The molecule has 3 N–H and O–H groups in total. The van der Waals surface area contributed by atoms with Crippen molar-refractivity contribution in [3.8, 4) is 0 Å². The molecule has 8 nitrogen and oxygen atoms in total. The molecule has 0 aliphatic rings. The molecule has 0 unspecified atom stereocenters. The maximum absolute atomic E-state index is 12.3. The van der Waals surface area contributed by atoms with E-state index in [9.17, 15) is 8.42 Å². The second-order valence-corrected chi connectivity index (χ2v) is 7.22. The summed E-state index contributed by atoms with van der Waals surface area (Å²) in [6.45, 7) is 1.10. The van der Waals surface area contributed by atoms with Gasteiger partial charge in [0.05, 0.1) is 11.5 Å². The number of hydrogen-bond donors (Lipinski definition) is 3. The van der Waals surface area contributed by atoms with Crippen LogP contribution in [0.15, 0.2) is 41.3 Å². The van der Waals surface area contributed by atoms with Crippen molar-refractivity contribution >= 4 is 50.5 Å². The third-order valence-corrected chi connectivity index (χ3v) is 4.70. The highest BCUT2D eigenvalue weighted by molar-refractivity contribution is 7.92. The molecule has 0 amide bonds. The number of methoxy groups -OCH3 is 1. The first-order chi connectivity index (χ1) is 11.9. The highest BCUT2D eigenvalue weighted by atomic mass is 35.5. The minimum Gasteiger partial charge on any atom is -0.383 e. The minimum absolute atomic E-state index is 0.0769. The second kappa shape index (κ2) is 8.90. The smallest absolute Gasteiger partial charge is 0.263 e. The normalized spacial score (nSPS) is 11.0. The number of aromatic nitrogens is 2. The number of rotatable bonds is 7. The van der Waals surface area contributed by atoms with E-state index in [2.05, 4.69) is 25.6 Å². The molecule has 0 aliphatic carbocycles. The molecule has 0 saturated carbocycles. The van der Waals surface area contributed by atoms with Gasteiger partial charge < -0.3 is 15.4 Å². The molecule has 1 aromatic carbocycles. The van der Waals surface area contributed by atoms with Crippen molar-refractivity contribution < 1.29 is 13.2 Å². The number of benzene rings is 1. The van der Waals surface area contributed by atoms with Gasteiger partial charge in [-0.2, -0.15) is 0 Å². The summed E-state index contributed by atoms with van der Waals surface area (Å²) in [6.07, 6.45) is 0. The molecule has 2 rings (SSSR count). The van der Waals surface area contributed by atoms with Crippen LogP contribution in [0.25, 0.3) is 0 Å². The van der Waals surface area contributed by atoms with E-state index in [1.165, 1.54) is 24.3 Å². The predicted octanol–water partition coefficient (Wildman–Crippen LogP) is 1.86. The van der Waals surface area contributed by atoms with Crippen LogP contribution in [0.3, 0.4) is 0 Å². The molecule has 25 heavy (non-hydrogen) atoms. The van der Waals surface area contributed by atoms with Crippen LogP contribution in [0.5, 0.6) is 0 Å². The van der Waals surface area contributed by atoms with Gasteiger partial charge in [0.15, 0.2) is 16.1 Å². The largest absolute Gasteiger partial charge is 0.383 e. The Hall–Kier alpha value is -2.01. The van der Waals surface area contributed by atoms with Gasteiger partial charge in [0.2, 0.25) is 0 Å². The van der Waals surface area contributed by atoms with Gasteiger partial charge in [0.1, 0.15) is 0 Å². The lowest BCUT2D eigenvalue weighted by Crippen LogP contribution is -2.31. The maximum atomic E-state index is 12.3. The number of anilines is 2. The monoisotopic (exact) mass is 401 g/mol. The molecule has 0 bridgehead atoms. The first kappa shape index (κ1) is 19.3. The number of thiocarbonyl (C=S) groups is 1. The van der Waals surface area contributed by atoms with E-state index in [-0.39, 0.29) is 15.9 Å². The van der Waals surface area contributed by atoms with E-state index < -0.39 is 10.0 Å². The summed E-state index contributed by atoms with van der Waals surface area (Å²) in [5.41, 5.74) is 0.653. The Morgan fingerprint density at radius 3 is 2.52 bits per heavy atom. The van der Waals surface area contributed by atoms with Gasteiger partial charge in [-0.1, -0.05) is 11.6 Å². The van der Waals surface area contributed by atoms with E-state index in [1.807, 2.05) is 0 Å². The SMILES string of the molecule is COCCNC(=S)Nc1ccc(S(=O)(=O)Nc2ccc(Cl)nn2)cc1. The van der Waals surface area contributed by atoms with Crippen molar-refractivity contribution in [1.82, 2.24) is 15.5 Å². The van der Waals surface area contributed by atoms with Crippen molar-refractivity contribution in [3.05, 3.63) is 41.6 Å². The zero-order chi connectivity index (χ0) is 18.3. The zero-order valence-corrected chi connectivity index (χ0v) is 15.6. The first-order valence-corrected chi connectivity index (χ1v) is 9.33. The summed E-state index contributed by atoms with van der Waals surface area (Å²) in [5.74, 6) is 0.0788. The number of halogens is 1. The number of sulfonamides is 1. The van der Waals surface area contributed by atoms with Crippen LogP contribution >= 0.6 is 23.8 Å². The third-order valence-electron chi connectivity index (χ3n) is 2.89. The molecule has 0 saturated heterocycles. The highest BCUT2D eigenvalue weighted by Gasteiger charge is 2.15. The lowest BCUT2D eigenvalue weighted by molar-refractivity contribution is 0.204. The molecule has 0 radical (unpaired) electrons. The second-order valence-electron chi connectivity index (χ2n) is 4.74. The summed E-state index contributed by atoms with van der Waals surface area (Å²) < 4.78 is 31.9. The number of ether oxygens (including phenoxy) is 1. The Morgan fingerprint density at radius 2 is 1.92 bits per heavy atom. The van der Waals surface area contributed by atoms with Crippen LogP contribution in [0, 0.1) is 0 Å². The molecule has 1 heterocycles. The Labute approximate surface area is 156 Å². The van der Waals surface area contributed by atoms with Gasteiger partial charge in [-0.15, -0.1) is 10.2 Å². The van der Waals surface area contributed by atoms with Gasteiger partial charge in [-0.05, 0) is 48.6 Å². The summed E-state index contributed by atoms with van der Waals surface area (Å²) in [6, 6.07) is 8.97. The summed E-state index contributed by atoms with van der Waals surface area (Å²) >= 11 is 10.7. The Balaban J connectivity index is 2.00. The average molecular weight is 402 g/mol. The standard InChI is InChI=1S/C14H16ClN5O3S2/c1-23-9-8-16-14(24)17-10-2-4-11(5-3-10)25(21,22)20-13-7-6-12(15)18-19-13/h2-7H,8-9H2,1H3,(H,19,20)(H2,16,17,24). The molecule has 0 aliphatic heterocycles. The van der Waals surface area contributed by atoms with Crippen LogP contribution in [-0.4, -0.2) is 44.0 Å². The van der Waals surface area contributed by atoms with Crippen molar-refractivity contribution in [3.63, 3.8) is 0 Å². The molecular formula is C14H16ClN5O3S2. The molecule has 0 fully saturated rings. The molecule has 1 aromatic heterocycles. The summed E-state index contributed by atoms with van der Waals surface area (Å²) in [4.78, 5) is 0.0769. The van der Waals surface area contributed by atoms with Gasteiger partial charge in [0, 0.05) is 19.3 Å². The lowest BCUT2D eigenvalue weighted by atomic mass is 10.3. The van der Waals surface area contributed by atoms with E-state index in [1.54, 1.807) is 19.2 Å². The fourth-order valence-corrected chi connectivity index (χ4v) is 3.04. The van der Waals surface area contributed by atoms with Gasteiger partial charge in [-0.3, -0.25) is 4.72 Å². The number of nitrogens with zero attached hydrogens (tertiary/aromatic N) is 2. The van der Waals surface area contributed by atoms with Crippen molar-refractivity contribution in [2.45, 2.75) is 4.90 Å². The maximum Gasteiger partial charge on any atom is 0.263 e. The Morgan fingerprint density at radius 1 is 1.20 bits per heavy atom. The molecule has 134 valence electrons. The molecule has 2 aromatic rings. The fourth-order valence-electron chi connectivity index (χ4n) is 1.73. The number of hydrogen-bond acceptors (Lipinski definition) is 6. The van der Waals surface area contributed by atoms with Gasteiger partial charge in [-0.25, -0.2) is 8.42 Å². The van der Waals surface area contributed by atoms with E-state index in [0.29, 0.717) is 24.0 Å². The fraction of sp³-hybridized carbons (Fsp3) is 0.214. The zero-order valence-electron chi connectivity index (χ0n) is 13.2. The van der Waals surface area contributed by atoms with Crippen LogP contribution in [0.1, 0.15) is 0 Å². The van der Waals surface area contributed by atoms with E-state index >= 15 is 0 Å². The van der Waals surface area contributed by atoms with Crippen LogP contribution < -0.4 is 15.4 Å². The molecule has 0 atom stereocenters. The molecular weight excluding hydrogens is 386 g/mol. The lowest BCUT2D eigenvalue weighted by Gasteiger charge is -2.11. The first-order valence-electron chi connectivity index (χ1n) is 7.06. The highest BCUT2D eigenvalue weighted by Crippen LogP contribution is 2.17. The third kappa shape index (κ3) is 6.09. The average Bonchev–Trinajstić information content (AvgIpc) is 2.57.